The fourth-order valence-corrected chi connectivity index (χ4v) is 11.7. The van der Waals surface area contributed by atoms with Gasteiger partial charge in [0.15, 0.2) is 11.6 Å². The molecule has 0 spiro atoms. The number of nitrogens with zero attached hydrogens (tertiary/aromatic N) is 7. The third kappa shape index (κ3) is 34.2. The number of ketones is 2. The van der Waals surface area contributed by atoms with E-state index in [1.807, 2.05) is 24.3 Å². The van der Waals surface area contributed by atoms with E-state index in [-0.39, 0.29) is 37.8 Å². The molecule has 3 aromatic heterocycles. The number of aromatic nitrogens is 3. The molecule has 0 fully saturated rings. The number of para-hydroxylation sites is 5. The molecule has 0 aliphatic rings. The summed E-state index contributed by atoms with van der Waals surface area (Å²) in [5.41, 5.74) is 32.1. The van der Waals surface area contributed by atoms with Gasteiger partial charge in [-0.25, -0.2) is 15.0 Å². The van der Waals surface area contributed by atoms with E-state index >= 15 is 0 Å². The van der Waals surface area contributed by atoms with E-state index in [0.717, 1.165) is 86.9 Å². The Kier molecular flexibility index (Phi) is 51.2. The molecule has 5 aromatic carbocycles. The number of benzene rings is 5. The second kappa shape index (κ2) is 54.7. The van der Waals surface area contributed by atoms with Crippen LogP contribution in [0, 0.1) is 0 Å². The Bertz CT molecular complexity index is 3690. The SMILES string of the molecule is CC(=Nc1c(C(C)C)cccc1C(C)C)c1cccc(C(C)=Nc2c(C(C)C)cccc2C(C)C)n1.CC(=Nc1c(C(C)C)cccc1C(C)C)c1cccc(C(C)=Nc2c(C(C)C)cccc2C(C)C)n1.CC(=O)c1cccc(C(C)=O)n1.CC(C)c1cccc(C(C)C)c1N.CCCCO.II.[Cl][Fe][Cl].[Cl][Fe][Cl]. The van der Waals surface area contributed by atoms with Gasteiger partial charge >= 0.3 is 66.7 Å². The van der Waals surface area contributed by atoms with Gasteiger partial charge < -0.3 is 10.8 Å². The fourth-order valence-electron chi connectivity index (χ4n) is 11.7. The van der Waals surface area contributed by atoms with E-state index in [1.165, 1.54) is 69.5 Å². The van der Waals surface area contributed by atoms with Crippen LogP contribution in [0.4, 0.5) is 28.4 Å². The minimum absolute atomic E-state index is 0.127. The number of aliphatic hydroxyl groups excluding tert-OH is 1. The van der Waals surface area contributed by atoms with E-state index in [1.54, 1.807) is 18.2 Å². The molecule has 110 heavy (non-hydrogen) atoms. The van der Waals surface area contributed by atoms with Crippen molar-refractivity contribution in [1.29, 1.82) is 0 Å². The first-order valence-corrected chi connectivity index (χ1v) is 50.3. The van der Waals surface area contributed by atoms with Crippen LogP contribution in [0.5, 0.6) is 0 Å². The summed E-state index contributed by atoms with van der Waals surface area (Å²) >= 11 is 4.63. The van der Waals surface area contributed by atoms with E-state index in [2.05, 4.69) is 318 Å². The van der Waals surface area contributed by atoms with Crippen molar-refractivity contribution in [3.63, 3.8) is 0 Å². The molecule has 11 nitrogen and oxygen atoms in total. The molecule has 0 saturated carbocycles. The molecule has 604 valence electrons. The number of pyridine rings is 3. The van der Waals surface area contributed by atoms with Crippen LogP contribution in [-0.2, 0) is 26.3 Å². The van der Waals surface area contributed by atoms with Crippen molar-refractivity contribution >= 4 is 140 Å². The number of aliphatic imine (C=N–C) groups is 4. The van der Waals surface area contributed by atoms with Crippen LogP contribution in [0.3, 0.4) is 0 Å². The molecule has 3 heterocycles. The molecular formula is C91H124Cl4Fe2I2N8O3. The Balaban J connectivity index is 0.000000753. The monoisotopic (exact) mass is 1880 g/mol. The fraction of sp³-hybridized carbons (Fsp3) is 0.440. The van der Waals surface area contributed by atoms with Crippen molar-refractivity contribution in [2.24, 2.45) is 20.0 Å². The van der Waals surface area contributed by atoms with Crippen molar-refractivity contribution in [2.75, 3.05) is 12.3 Å². The van der Waals surface area contributed by atoms with Gasteiger partial charge in [-0.2, -0.15) is 0 Å². The van der Waals surface area contributed by atoms with Gasteiger partial charge in [-0.15, -0.1) is 0 Å². The first-order valence-electron chi connectivity index (χ1n) is 37.9. The molecule has 0 atom stereocenters. The van der Waals surface area contributed by atoms with Crippen molar-refractivity contribution in [2.45, 2.75) is 259 Å². The summed E-state index contributed by atoms with van der Waals surface area (Å²) in [6, 6.07) is 49.6. The average Bonchev–Trinajstić information content (AvgIpc) is 0.816. The second-order valence-corrected chi connectivity index (χ2v) is 33.5. The molecule has 0 aliphatic heterocycles. The van der Waals surface area contributed by atoms with Crippen molar-refractivity contribution in [3.8, 4) is 0 Å². The zero-order valence-electron chi connectivity index (χ0n) is 70.2. The molecule has 8 aromatic rings. The molecule has 0 aliphatic carbocycles. The summed E-state index contributed by atoms with van der Waals surface area (Å²) < 4.78 is 0. The summed E-state index contributed by atoms with van der Waals surface area (Å²) in [4.78, 5) is 56.1. The van der Waals surface area contributed by atoms with Crippen LogP contribution in [0.25, 0.3) is 0 Å². The minimum atomic E-state index is -0.127. The van der Waals surface area contributed by atoms with Crippen LogP contribution in [-0.4, -0.2) is 61.1 Å². The molecule has 0 radical (unpaired) electrons. The normalized spacial score (nSPS) is 11.7. The number of carbonyl (C=O) groups excluding carboxylic acids is 2. The zero-order valence-corrected chi connectivity index (χ0v) is 79.7. The van der Waals surface area contributed by atoms with E-state index in [9.17, 15) is 9.59 Å². The Hall–Kier alpha value is -5.01. The van der Waals surface area contributed by atoms with Gasteiger partial charge in [0, 0.05) is 63.4 Å². The van der Waals surface area contributed by atoms with Crippen molar-refractivity contribution < 1.29 is 41.0 Å². The predicted octanol–water partition coefficient (Wildman–Crippen LogP) is 30.0. The van der Waals surface area contributed by atoms with E-state index in [4.69, 9.17) is 81.2 Å². The van der Waals surface area contributed by atoms with Gasteiger partial charge in [0.05, 0.1) is 68.4 Å². The first-order chi connectivity index (χ1) is 51.9. The number of anilines is 1. The third-order valence-electron chi connectivity index (χ3n) is 17.9. The third-order valence-corrected chi connectivity index (χ3v) is 17.9. The van der Waals surface area contributed by atoms with Crippen LogP contribution >= 0.6 is 77.6 Å². The zero-order chi connectivity index (χ0) is 83.8. The van der Waals surface area contributed by atoms with Crippen molar-refractivity contribution in [3.05, 3.63) is 235 Å². The average molecular weight is 1890 g/mol. The molecule has 0 bridgehead atoms. The molecule has 19 heteroatoms. The van der Waals surface area contributed by atoms with E-state index in [0.29, 0.717) is 77.2 Å². The Morgan fingerprint density at radius 2 is 0.491 bits per heavy atom. The molecule has 8 rings (SSSR count). The number of aliphatic hydroxyl groups is 1. The number of carbonyl (C=O) groups is 2. The van der Waals surface area contributed by atoms with Crippen molar-refractivity contribution in [1.82, 2.24) is 15.0 Å². The summed E-state index contributed by atoms with van der Waals surface area (Å²) in [5, 5.41) is 8.07. The van der Waals surface area contributed by atoms with Crippen LogP contribution < -0.4 is 5.73 Å². The number of hydrogen-bond donors (Lipinski definition) is 2. The summed E-state index contributed by atoms with van der Waals surface area (Å²) in [7, 11) is 19.1. The number of hydrogen-bond acceptors (Lipinski definition) is 11. The van der Waals surface area contributed by atoms with Crippen LogP contribution in [0.1, 0.15) is 358 Å². The molecule has 3 N–H and O–H groups in total. The number of halogens is 6. The molecular weight excluding hydrogens is 1760 g/mol. The number of nitrogens with two attached hydrogens (primary N) is 1. The maximum absolute atomic E-state index is 10.8. The van der Waals surface area contributed by atoms with Gasteiger partial charge in [-0.1, -0.05) is 261 Å². The van der Waals surface area contributed by atoms with Gasteiger partial charge in [0.2, 0.25) is 0 Å². The summed E-state index contributed by atoms with van der Waals surface area (Å²) in [6.45, 7) is 57.9. The topological polar surface area (TPSA) is 168 Å². The molecule has 0 unspecified atom stereocenters. The predicted molar refractivity (Wildman–Crippen MR) is 491 cm³/mol. The summed E-state index contributed by atoms with van der Waals surface area (Å²) in [5.74, 6) is 3.99. The van der Waals surface area contributed by atoms with Gasteiger partial charge in [0.1, 0.15) is 11.4 Å². The number of Topliss-reactive ketones (excluding diaryl/α,β-unsaturated/α-hetero) is 2. The first kappa shape index (κ1) is 103. The second-order valence-electron chi connectivity index (χ2n) is 29.8. The van der Waals surface area contributed by atoms with E-state index < -0.39 is 0 Å². The number of rotatable bonds is 22. The van der Waals surface area contributed by atoms with Crippen LogP contribution in [0.15, 0.2) is 166 Å². The van der Waals surface area contributed by atoms with Gasteiger partial charge in [-0.3, -0.25) is 29.6 Å². The Morgan fingerprint density at radius 3 is 0.636 bits per heavy atom. The number of unbranched alkanes of at least 4 members (excludes halogenated alkanes) is 1. The molecule has 0 amide bonds. The van der Waals surface area contributed by atoms with Gasteiger partial charge in [-0.05, 0) is 185 Å². The quantitative estimate of drug-likeness (QED) is 0.0224. The number of nitrogen functional groups attached to an aromatic ring is 1. The molecule has 0 saturated heterocycles. The van der Waals surface area contributed by atoms with Gasteiger partial charge in [0.25, 0.3) is 0 Å². The Labute approximate surface area is 716 Å². The Morgan fingerprint density at radius 1 is 0.336 bits per heavy atom. The van der Waals surface area contributed by atoms with Crippen LogP contribution in [0.2, 0.25) is 0 Å². The summed E-state index contributed by atoms with van der Waals surface area (Å²) in [6.07, 6.45) is 2.04. The standard InChI is InChI=1S/2C33H43N3.C12H19N.C9H9NO2.C4H10O.4ClH.2Fe.I2/c2*1-20(2)26-14-11-15-27(21(3)4)32(26)34-24(9)30-18-13-19-31(36-30)25(10)35-33-28(22(5)6)16-12-17-29(33)23(7)8;1-8(2)10-6-5-7-11(9(3)4)12(10)13;1-6(11)8-4-3-5-9(10-8)7(2)12;1-2-3-4-5;;;;;;;1-2/h2*11-23H,1-10H3;5-9H,13H2,1-4H3;3-5H,1-2H3;5H,2-4H2,1H3;4*1H;;;/q;;;;;;;;;2*+2;/p-4. The maximum atomic E-state index is 10.8.